The quantitative estimate of drug-likeness (QED) is 0.867. The number of nitriles is 1. The summed E-state index contributed by atoms with van der Waals surface area (Å²) >= 11 is 1.26. The third kappa shape index (κ3) is 3.28. The van der Waals surface area contributed by atoms with Crippen molar-refractivity contribution in [1.29, 1.82) is 5.26 Å². The number of amides is 1. The number of carbonyl (C=O) groups is 1. The van der Waals surface area contributed by atoms with E-state index in [-0.39, 0.29) is 5.69 Å². The maximum absolute atomic E-state index is 11.6. The van der Waals surface area contributed by atoms with Gasteiger partial charge in [-0.05, 0) is 5.92 Å². The zero-order chi connectivity index (χ0) is 15.6. The maximum atomic E-state index is 11.6. The highest BCUT2D eigenvalue weighted by Gasteiger charge is 2.26. The first-order valence-electron chi connectivity index (χ1n) is 7.03. The molecule has 1 aliphatic rings. The number of carbonyl (C=O) groups excluding carboxylic acids is 1. The van der Waals surface area contributed by atoms with Gasteiger partial charge in [0.2, 0.25) is 0 Å². The summed E-state index contributed by atoms with van der Waals surface area (Å²) in [5.74, 6) is 0.0742. The standard InChI is InChI=1S/C14H21N5OS/c1-9(2)8-18-3-5-19(6-4-18)14-11(13(17)20)12(16)10(7-15)21-14/h9H,3-6,8,16H2,1-2H3,(H2,17,20). The third-order valence-corrected chi connectivity index (χ3v) is 4.73. The molecule has 6 nitrogen and oxygen atoms in total. The van der Waals surface area contributed by atoms with Gasteiger partial charge in [0.25, 0.3) is 5.91 Å². The average molecular weight is 307 g/mol. The molecule has 1 amide bonds. The van der Waals surface area contributed by atoms with Crippen LogP contribution in [0.1, 0.15) is 29.1 Å². The zero-order valence-corrected chi connectivity index (χ0v) is 13.2. The van der Waals surface area contributed by atoms with Gasteiger partial charge >= 0.3 is 0 Å². The van der Waals surface area contributed by atoms with Crippen LogP contribution in [-0.2, 0) is 0 Å². The molecule has 1 fully saturated rings. The number of nitrogens with two attached hydrogens (primary N) is 2. The molecule has 1 saturated heterocycles. The number of rotatable bonds is 4. The van der Waals surface area contributed by atoms with Gasteiger partial charge in [0.05, 0.1) is 11.3 Å². The highest BCUT2D eigenvalue weighted by atomic mass is 32.1. The van der Waals surface area contributed by atoms with Crippen LogP contribution in [0, 0.1) is 17.2 Å². The fraction of sp³-hybridized carbons (Fsp3) is 0.571. The Morgan fingerprint density at radius 3 is 2.48 bits per heavy atom. The van der Waals surface area contributed by atoms with Gasteiger partial charge in [0, 0.05) is 32.7 Å². The van der Waals surface area contributed by atoms with Crippen LogP contribution in [-0.4, -0.2) is 43.5 Å². The lowest BCUT2D eigenvalue weighted by atomic mass is 10.1. The van der Waals surface area contributed by atoms with Gasteiger partial charge in [-0.2, -0.15) is 5.26 Å². The van der Waals surface area contributed by atoms with Crippen LogP contribution in [0.15, 0.2) is 0 Å². The number of nitrogen functional groups attached to an aromatic ring is 1. The van der Waals surface area contributed by atoms with Crippen LogP contribution in [0.5, 0.6) is 0 Å². The largest absolute Gasteiger partial charge is 0.396 e. The summed E-state index contributed by atoms with van der Waals surface area (Å²) in [4.78, 5) is 16.5. The molecule has 21 heavy (non-hydrogen) atoms. The molecule has 2 rings (SSSR count). The number of piperazine rings is 1. The van der Waals surface area contributed by atoms with Crippen LogP contribution in [0.4, 0.5) is 10.7 Å². The van der Waals surface area contributed by atoms with Crippen molar-refractivity contribution in [3.8, 4) is 6.07 Å². The summed E-state index contributed by atoms with van der Waals surface area (Å²) in [7, 11) is 0. The highest BCUT2D eigenvalue weighted by Crippen LogP contribution is 2.38. The second-order valence-electron chi connectivity index (χ2n) is 5.68. The number of thiophene rings is 1. The summed E-state index contributed by atoms with van der Waals surface area (Å²) < 4.78 is 0. The zero-order valence-electron chi connectivity index (χ0n) is 12.4. The van der Waals surface area contributed by atoms with E-state index in [0.717, 1.165) is 37.7 Å². The third-order valence-electron chi connectivity index (χ3n) is 3.56. The molecule has 2 heterocycles. The fourth-order valence-electron chi connectivity index (χ4n) is 2.63. The first-order chi connectivity index (χ1) is 9.93. The van der Waals surface area contributed by atoms with Crippen LogP contribution in [0.2, 0.25) is 0 Å². The molecule has 0 bridgehead atoms. The maximum Gasteiger partial charge on any atom is 0.253 e. The topological polar surface area (TPSA) is 99.4 Å². The molecular formula is C14H21N5OS. The highest BCUT2D eigenvalue weighted by molar-refractivity contribution is 7.17. The molecule has 0 atom stereocenters. The number of hydrogen-bond acceptors (Lipinski definition) is 6. The minimum atomic E-state index is -0.565. The molecule has 1 aliphatic heterocycles. The van der Waals surface area contributed by atoms with E-state index in [1.165, 1.54) is 11.3 Å². The van der Waals surface area contributed by atoms with Gasteiger partial charge < -0.3 is 16.4 Å². The summed E-state index contributed by atoms with van der Waals surface area (Å²) in [6.07, 6.45) is 0. The van der Waals surface area contributed by atoms with Crippen LogP contribution < -0.4 is 16.4 Å². The molecule has 0 radical (unpaired) electrons. The van der Waals surface area contributed by atoms with E-state index in [4.69, 9.17) is 16.7 Å². The Hall–Kier alpha value is -1.78. The van der Waals surface area contributed by atoms with Crippen molar-refractivity contribution in [2.75, 3.05) is 43.4 Å². The monoisotopic (exact) mass is 307 g/mol. The van der Waals surface area contributed by atoms with Gasteiger partial charge in [0.15, 0.2) is 0 Å². The molecule has 0 aromatic carbocycles. The lowest BCUT2D eigenvalue weighted by molar-refractivity contribution is 0.100. The summed E-state index contributed by atoms with van der Waals surface area (Å²) in [5, 5.41) is 9.82. The van der Waals surface area contributed by atoms with Crippen molar-refractivity contribution in [2.24, 2.45) is 11.7 Å². The molecule has 4 N–H and O–H groups in total. The van der Waals surface area contributed by atoms with Crippen molar-refractivity contribution in [1.82, 2.24) is 4.90 Å². The van der Waals surface area contributed by atoms with Gasteiger partial charge in [-0.3, -0.25) is 9.69 Å². The molecule has 1 aromatic heterocycles. The Bertz CT molecular complexity index is 567. The van der Waals surface area contributed by atoms with Crippen molar-refractivity contribution < 1.29 is 4.79 Å². The molecule has 7 heteroatoms. The Morgan fingerprint density at radius 2 is 2.00 bits per heavy atom. The first-order valence-corrected chi connectivity index (χ1v) is 7.85. The number of nitrogens with zero attached hydrogens (tertiary/aromatic N) is 3. The Kier molecular flexibility index (Phi) is 4.70. The molecule has 0 spiro atoms. The summed E-state index contributed by atoms with van der Waals surface area (Å²) in [6, 6.07) is 2.03. The SMILES string of the molecule is CC(C)CN1CCN(c2sc(C#N)c(N)c2C(N)=O)CC1. The molecule has 114 valence electrons. The van der Waals surface area contributed by atoms with Crippen molar-refractivity contribution >= 4 is 27.9 Å². The molecule has 1 aromatic rings. The lowest BCUT2D eigenvalue weighted by Crippen LogP contribution is -2.47. The van der Waals surface area contributed by atoms with Gasteiger partial charge in [0.1, 0.15) is 15.9 Å². The normalized spacial score (nSPS) is 16.2. The molecular weight excluding hydrogens is 286 g/mol. The fourth-order valence-corrected chi connectivity index (χ4v) is 3.70. The van der Waals surface area contributed by atoms with Crippen molar-refractivity contribution in [3.05, 3.63) is 10.4 Å². The van der Waals surface area contributed by atoms with E-state index in [1.807, 2.05) is 6.07 Å². The van der Waals surface area contributed by atoms with Crippen LogP contribution in [0.3, 0.4) is 0 Å². The predicted octanol–water partition coefficient (Wildman–Crippen LogP) is 1.08. The minimum Gasteiger partial charge on any atom is -0.396 e. The summed E-state index contributed by atoms with van der Waals surface area (Å²) in [6.45, 7) is 9.00. The summed E-state index contributed by atoms with van der Waals surface area (Å²) in [5.41, 5.74) is 11.8. The predicted molar refractivity (Wildman–Crippen MR) is 85.5 cm³/mol. The van der Waals surface area contributed by atoms with E-state index in [2.05, 4.69) is 23.6 Å². The molecule has 0 unspecified atom stereocenters. The first kappa shape index (κ1) is 15.6. The van der Waals surface area contributed by atoms with Gasteiger partial charge in [-0.15, -0.1) is 11.3 Å². The number of anilines is 2. The van der Waals surface area contributed by atoms with Gasteiger partial charge in [-0.25, -0.2) is 0 Å². The van der Waals surface area contributed by atoms with E-state index >= 15 is 0 Å². The van der Waals surface area contributed by atoms with E-state index < -0.39 is 5.91 Å². The number of primary amides is 1. The Balaban J connectivity index is 2.17. The average Bonchev–Trinajstić information content (AvgIpc) is 2.76. The van der Waals surface area contributed by atoms with Crippen LogP contribution >= 0.6 is 11.3 Å². The van der Waals surface area contributed by atoms with E-state index in [9.17, 15) is 4.79 Å². The minimum absolute atomic E-state index is 0.217. The lowest BCUT2D eigenvalue weighted by Gasteiger charge is -2.36. The second-order valence-corrected chi connectivity index (χ2v) is 6.68. The van der Waals surface area contributed by atoms with E-state index in [1.54, 1.807) is 0 Å². The van der Waals surface area contributed by atoms with E-state index in [0.29, 0.717) is 16.4 Å². The van der Waals surface area contributed by atoms with Crippen molar-refractivity contribution in [3.63, 3.8) is 0 Å². The molecule has 0 aliphatic carbocycles. The van der Waals surface area contributed by atoms with Crippen LogP contribution in [0.25, 0.3) is 0 Å². The van der Waals surface area contributed by atoms with Gasteiger partial charge in [-0.1, -0.05) is 13.8 Å². The number of hydrogen-bond donors (Lipinski definition) is 2. The van der Waals surface area contributed by atoms with Crippen molar-refractivity contribution in [2.45, 2.75) is 13.8 Å². The Morgan fingerprint density at radius 1 is 1.38 bits per heavy atom. The second kappa shape index (κ2) is 6.33. The smallest absolute Gasteiger partial charge is 0.253 e. The Labute approximate surface area is 128 Å². The molecule has 0 saturated carbocycles.